The summed E-state index contributed by atoms with van der Waals surface area (Å²) in [6, 6.07) is 3.25. The lowest BCUT2D eigenvalue weighted by molar-refractivity contribution is -0.147. The molecule has 0 spiro atoms. The van der Waals surface area contributed by atoms with Crippen LogP contribution in [0.3, 0.4) is 0 Å². The first-order valence-corrected chi connectivity index (χ1v) is 7.79. The maximum atomic E-state index is 13.9. The lowest BCUT2D eigenvalue weighted by atomic mass is 10.2. The van der Waals surface area contributed by atoms with Gasteiger partial charge in [0, 0.05) is 11.0 Å². The number of nitrogens with zero attached hydrogens (tertiary/aromatic N) is 2. The third-order valence-corrected chi connectivity index (χ3v) is 4.05. The van der Waals surface area contributed by atoms with Crippen molar-refractivity contribution in [3.8, 4) is 11.5 Å². The van der Waals surface area contributed by atoms with E-state index in [9.17, 15) is 19.1 Å². The van der Waals surface area contributed by atoms with E-state index < -0.39 is 23.7 Å². The second-order valence-corrected chi connectivity index (χ2v) is 6.01. The first-order valence-electron chi connectivity index (χ1n) is 7.00. The zero-order valence-corrected chi connectivity index (χ0v) is 13.8. The number of ether oxygens (including phenoxy) is 1. The number of carboxylic acids is 1. The van der Waals surface area contributed by atoms with E-state index >= 15 is 0 Å². The van der Waals surface area contributed by atoms with Gasteiger partial charge in [0.15, 0.2) is 11.7 Å². The SMILES string of the molecule is O=C(O)C1COCCN1C(=O)c1coc(-c2ccc(Br)cc2F)n1. The fourth-order valence-electron chi connectivity index (χ4n) is 2.36. The number of oxazole rings is 1. The standard InChI is InChI=1S/C15H12BrFN2O5/c16-8-1-2-9(10(17)5-8)13-18-11(6-24-13)14(20)19-3-4-23-7-12(19)15(21)22/h1-2,5-6,12H,3-4,7H2,(H,21,22). The van der Waals surface area contributed by atoms with Gasteiger partial charge in [0.05, 0.1) is 18.8 Å². The number of hydrogen-bond acceptors (Lipinski definition) is 5. The van der Waals surface area contributed by atoms with E-state index in [0.717, 1.165) is 11.2 Å². The number of carbonyl (C=O) groups is 2. The fraction of sp³-hybridized carbons (Fsp3) is 0.267. The van der Waals surface area contributed by atoms with Crippen molar-refractivity contribution >= 4 is 27.8 Å². The van der Waals surface area contributed by atoms with Gasteiger partial charge >= 0.3 is 5.97 Å². The number of amides is 1. The number of carboxylic acid groups (broad SMARTS) is 1. The molecule has 126 valence electrons. The zero-order chi connectivity index (χ0) is 17.3. The second-order valence-electron chi connectivity index (χ2n) is 5.09. The summed E-state index contributed by atoms with van der Waals surface area (Å²) in [5, 5.41) is 9.18. The molecule has 1 atom stereocenters. The molecule has 24 heavy (non-hydrogen) atoms. The van der Waals surface area contributed by atoms with Gasteiger partial charge < -0.3 is 19.2 Å². The normalized spacial score (nSPS) is 17.8. The van der Waals surface area contributed by atoms with Gasteiger partial charge in [0.1, 0.15) is 12.1 Å². The van der Waals surface area contributed by atoms with Crippen LogP contribution >= 0.6 is 15.9 Å². The molecule has 1 saturated heterocycles. The first kappa shape index (κ1) is 16.6. The summed E-state index contributed by atoms with van der Waals surface area (Å²) in [5.74, 6) is -2.37. The van der Waals surface area contributed by atoms with Crippen LogP contribution < -0.4 is 0 Å². The van der Waals surface area contributed by atoms with Crippen LogP contribution in [0, 0.1) is 5.82 Å². The molecule has 2 aromatic rings. The second kappa shape index (κ2) is 6.70. The molecule has 0 saturated carbocycles. The Morgan fingerprint density at radius 3 is 2.92 bits per heavy atom. The number of hydrogen-bond donors (Lipinski definition) is 1. The highest BCUT2D eigenvalue weighted by molar-refractivity contribution is 9.10. The van der Waals surface area contributed by atoms with Crippen molar-refractivity contribution < 1.29 is 28.2 Å². The summed E-state index contributed by atoms with van der Waals surface area (Å²) in [5.41, 5.74) is 0.0227. The van der Waals surface area contributed by atoms with Crippen LogP contribution in [-0.4, -0.2) is 52.7 Å². The van der Waals surface area contributed by atoms with Crippen molar-refractivity contribution in [3.63, 3.8) is 0 Å². The molecule has 1 aromatic carbocycles. The van der Waals surface area contributed by atoms with Crippen LogP contribution in [0.5, 0.6) is 0 Å². The van der Waals surface area contributed by atoms with Crippen molar-refractivity contribution in [2.75, 3.05) is 19.8 Å². The van der Waals surface area contributed by atoms with Gasteiger partial charge in [0.2, 0.25) is 5.89 Å². The fourth-order valence-corrected chi connectivity index (χ4v) is 2.69. The lowest BCUT2D eigenvalue weighted by Crippen LogP contribution is -2.52. The van der Waals surface area contributed by atoms with Crippen LogP contribution in [0.4, 0.5) is 4.39 Å². The Bertz CT molecular complexity index is 794. The van der Waals surface area contributed by atoms with Gasteiger partial charge in [-0.2, -0.15) is 0 Å². The molecule has 1 fully saturated rings. The summed E-state index contributed by atoms with van der Waals surface area (Å²) >= 11 is 3.15. The molecular weight excluding hydrogens is 387 g/mol. The smallest absolute Gasteiger partial charge is 0.328 e. The highest BCUT2D eigenvalue weighted by Gasteiger charge is 2.34. The van der Waals surface area contributed by atoms with E-state index in [1.165, 1.54) is 12.1 Å². The molecular formula is C15H12BrFN2O5. The van der Waals surface area contributed by atoms with Crippen LogP contribution in [-0.2, 0) is 9.53 Å². The number of aromatic nitrogens is 1. The topological polar surface area (TPSA) is 92.9 Å². The molecule has 1 amide bonds. The molecule has 1 aliphatic heterocycles. The summed E-state index contributed by atoms with van der Waals surface area (Å²) < 4.78 is 24.8. The van der Waals surface area contributed by atoms with E-state index in [1.807, 2.05) is 0 Å². The van der Waals surface area contributed by atoms with Crippen molar-refractivity contribution in [3.05, 3.63) is 40.4 Å². The van der Waals surface area contributed by atoms with Crippen LogP contribution in [0.2, 0.25) is 0 Å². The molecule has 1 unspecified atom stereocenters. The van der Waals surface area contributed by atoms with Gasteiger partial charge in [-0.05, 0) is 18.2 Å². The van der Waals surface area contributed by atoms with E-state index in [0.29, 0.717) is 4.47 Å². The van der Waals surface area contributed by atoms with Gasteiger partial charge in [-0.15, -0.1) is 0 Å². The lowest BCUT2D eigenvalue weighted by Gasteiger charge is -2.32. The molecule has 0 radical (unpaired) electrons. The first-order chi connectivity index (χ1) is 11.5. The highest BCUT2D eigenvalue weighted by atomic mass is 79.9. The zero-order valence-electron chi connectivity index (χ0n) is 12.2. The molecule has 0 aliphatic carbocycles. The molecule has 7 nitrogen and oxygen atoms in total. The summed E-state index contributed by atoms with van der Waals surface area (Å²) in [7, 11) is 0. The number of aliphatic carboxylic acids is 1. The molecule has 1 aliphatic rings. The minimum absolute atomic E-state index is 0.0523. The third-order valence-electron chi connectivity index (χ3n) is 3.56. The van der Waals surface area contributed by atoms with E-state index in [1.54, 1.807) is 6.07 Å². The van der Waals surface area contributed by atoms with Gasteiger partial charge in [-0.1, -0.05) is 15.9 Å². The van der Waals surface area contributed by atoms with Crippen LogP contribution in [0.1, 0.15) is 10.5 Å². The molecule has 1 aromatic heterocycles. The van der Waals surface area contributed by atoms with Gasteiger partial charge in [-0.3, -0.25) is 4.79 Å². The Labute approximate surface area is 144 Å². The highest BCUT2D eigenvalue weighted by Crippen LogP contribution is 2.25. The van der Waals surface area contributed by atoms with Crippen molar-refractivity contribution in [1.82, 2.24) is 9.88 Å². The predicted octanol–water partition coefficient (Wildman–Crippen LogP) is 2.17. The Morgan fingerprint density at radius 1 is 1.42 bits per heavy atom. The largest absolute Gasteiger partial charge is 0.480 e. The minimum atomic E-state index is -1.16. The van der Waals surface area contributed by atoms with Gasteiger partial charge in [0.25, 0.3) is 5.91 Å². The number of benzene rings is 1. The van der Waals surface area contributed by atoms with Crippen molar-refractivity contribution in [2.24, 2.45) is 0 Å². The summed E-state index contributed by atoms with van der Waals surface area (Å²) in [4.78, 5) is 28.9. The third kappa shape index (κ3) is 3.17. The quantitative estimate of drug-likeness (QED) is 0.851. The van der Waals surface area contributed by atoms with E-state index in [4.69, 9.17) is 9.15 Å². The Balaban J connectivity index is 1.87. The predicted molar refractivity (Wildman–Crippen MR) is 82.9 cm³/mol. The molecule has 2 heterocycles. The summed E-state index contributed by atoms with van der Waals surface area (Å²) in [6.45, 7) is 0.277. The number of carbonyl (C=O) groups excluding carboxylic acids is 1. The Morgan fingerprint density at radius 2 is 2.21 bits per heavy atom. The molecule has 1 N–H and O–H groups in total. The average molecular weight is 399 g/mol. The van der Waals surface area contributed by atoms with Crippen LogP contribution in [0.15, 0.2) is 33.4 Å². The van der Waals surface area contributed by atoms with Crippen molar-refractivity contribution in [2.45, 2.75) is 6.04 Å². The Kier molecular flexibility index (Phi) is 4.63. The number of rotatable bonds is 3. The molecule has 9 heteroatoms. The average Bonchev–Trinajstić information content (AvgIpc) is 3.03. The monoisotopic (exact) mass is 398 g/mol. The minimum Gasteiger partial charge on any atom is -0.480 e. The number of halogens is 2. The van der Waals surface area contributed by atoms with E-state index in [-0.39, 0.29) is 36.9 Å². The molecule has 0 bridgehead atoms. The Hall–Kier alpha value is -2.26. The van der Waals surface area contributed by atoms with E-state index in [2.05, 4.69) is 20.9 Å². The van der Waals surface area contributed by atoms with Crippen molar-refractivity contribution in [1.29, 1.82) is 0 Å². The molecule has 3 rings (SSSR count). The maximum absolute atomic E-state index is 13.9. The summed E-state index contributed by atoms with van der Waals surface area (Å²) in [6.07, 6.45) is 1.09. The maximum Gasteiger partial charge on any atom is 0.328 e. The number of morpholine rings is 1. The van der Waals surface area contributed by atoms with Crippen LogP contribution in [0.25, 0.3) is 11.5 Å². The van der Waals surface area contributed by atoms with Gasteiger partial charge in [-0.25, -0.2) is 14.2 Å².